The second kappa shape index (κ2) is 5.43. The van der Waals surface area contributed by atoms with E-state index in [1.165, 1.54) is 18.5 Å². The van der Waals surface area contributed by atoms with Gasteiger partial charge in [-0.05, 0) is 44.2 Å². The average molecular weight is 222 g/mol. The van der Waals surface area contributed by atoms with Crippen molar-refractivity contribution in [2.45, 2.75) is 39.7 Å². The van der Waals surface area contributed by atoms with Crippen molar-refractivity contribution >= 4 is 0 Å². The molecule has 0 aromatic carbocycles. The zero-order chi connectivity index (χ0) is 11.4. The Morgan fingerprint density at radius 1 is 1.44 bits per heavy atom. The van der Waals surface area contributed by atoms with Crippen LogP contribution < -0.4 is 5.32 Å². The van der Waals surface area contributed by atoms with E-state index in [0.717, 1.165) is 32.0 Å². The van der Waals surface area contributed by atoms with E-state index in [-0.39, 0.29) is 0 Å². The fraction of sp³-hybridized carbons (Fsp3) is 0.833. The summed E-state index contributed by atoms with van der Waals surface area (Å²) >= 11 is 0. The molecule has 16 heavy (non-hydrogen) atoms. The minimum absolute atomic E-state index is 0.633. The van der Waals surface area contributed by atoms with Crippen LogP contribution in [0.5, 0.6) is 0 Å². The van der Waals surface area contributed by atoms with Crippen molar-refractivity contribution in [3.05, 3.63) is 11.9 Å². The Bertz CT molecular complexity index is 313. The van der Waals surface area contributed by atoms with E-state index < -0.39 is 0 Å². The summed E-state index contributed by atoms with van der Waals surface area (Å²) in [6, 6.07) is 0. The van der Waals surface area contributed by atoms with E-state index in [9.17, 15) is 0 Å². The summed E-state index contributed by atoms with van der Waals surface area (Å²) in [5.41, 5.74) is 1.31. The third-order valence-corrected chi connectivity index (χ3v) is 3.19. The molecule has 2 heterocycles. The lowest BCUT2D eigenvalue weighted by Gasteiger charge is -2.22. The predicted octanol–water partition coefficient (Wildman–Crippen LogP) is 1.48. The van der Waals surface area contributed by atoms with E-state index in [1.54, 1.807) is 0 Å². The first-order valence-electron chi connectivity index (χ1n) is 6.34. The van der Waals surface area contributed by atoms with Crippen molar-refractivity contribution in [1.29, 1.82) is 0 Å². The van der Waals surface area contributed by atoms with E-state index in [2.05, 4.69) is 34.2 Å². The van der Waals surface area contributed by atoms with Crippen LogP contribution >= 0.6 is 0 Å². The van der Waals surface area contributed by atoms with E-state index >= 15 is 0 Å². The zero-order valence-electron chi connectivity index (χ0n) is 10.3. The van der Waals surface area contributed by atoms with Crippen molar-refractivity contribution in [3.8, 4) is 0 Å². The lowest BCUT2D eigenvalue weighted by molar-refractivity contribution is 0.358. The van der Waals surface area contributed by atoms with Gasteiger partial charge in [0.05, 0.1) is 11.9 Å². The molecule has 4 heteroatoms. The summed E-state index contributed by atoms with van der Waals surface area (Å²) in [4.78, 5) is 0. The molecule has 0 atom stereocenters. The molecule has 1 aliphatic rings. The molecule has 0 aliphatic carbocycles. The summed E-state index contributed by atoms with van der Waals surface area (Å²) in [7, 11) is 0. The summed E-state index contributed by atoms with van der Waals surface area (Å²) in [5.74, 6) is 1.44. The molecule has 4 nitrogen and oxygen atoms in total. The van der Waals surface area contributed by atoms with Crippen LogP contribution in [-0.2, 0) is 13.0 Å². The SMILES string of the molecule is CC(C)Cn1nncc1CC1CCNCC1. The molecule has 1 N–H and O–H groups in total. The van der Waals surface area contributed by atoms with Gasteiger partial charge >= 0.3 is 0 Å². The monoisotopic (exact) mass is 222 g/mol. The van der Waals surface area contributed by atoms with Crippen LogP contribution in [0.25, 0.3) is 0 Å². The van der Waals surface area contributed by atoms with E-state index in [1.807, 2.05) is 6.20 Å². The predicted molar refractivity (Wildman–Crippen MR) is 64.2 cm³/mol. The molecular formula is C12H22N4. The van der Waals surface area contributed by atoms with Gasteiger partial charge in [0.2, 0.25) is 0 Å². The van der Waals surface area contributed by atoms with E-state index in [0.29, 0.717) is 5.92 Å². The van der Waals surface area contributed by atoms with Crippen molar-refractivity contribution in [2.75, 3.05) is 13.1 Å². The Kier molecular flexibility index (Phi) is 3.93. The van der Waals surface area contributed by atoms with Gasteiger partial charge in [-0.1, -0.05) is 19.1 Å². The highest BCUT2D eigenvalue weighted by Gasteiger charge is 2.16. The maximum absolute atomic E-state index is 4.17. The van der Waals surface area contributed by atoms with E-state index in [4.69, 9.17) is 0 Å². The van der Waals surface area contributed by atoms with Gasteiger partial charge < -0.3 is 5.32 Å². The van der Waals surface area contributed by atoms with Crippen molar-refractivity contribution in [2.24, 2.45) is 11.8 Å². The Morgan fingerprint density at radius 2 is 2.19 bits per heavy atom. The minimum atomic E-state index is 0.633. The number of hydrogen-bond acceptors (Lipinski definition) is 3. The molecule has 1 aliphatic heterocycles. The molecule has 1 fully saturated rings. The summed E-state index contributed by atoms with van der Waals surface area (Å²) in [6.45, 7) is 7.75. The standard InChI is InChI=1S/C12H22N4/c1-10(2)9-16-12(8-14-15-16)7-11-3-5-13-6-4-11/h8,10-11,13H,3-7,9H2,1-2H3. The van der Waals surface area contributed by atoms with Gasteiger partial charge in [-0.25, -0.2) is 4.68 Å². The third kappa shape index (κ3) is 3.04. The highest BCUT2D eigenvalue weighted by Crippen LogP contribution is 2.17. The number of rotatable bonds is 4. The van der Waals surface area contributed by atoms with Crippen LogP contribution in [-0.4, -0.2) is 28.1 Å². The fourth-order valence-corrected chi connectivity index (χ4v) is 2.32. The number of hydrogen-bond donors (Lipinski definition) is 1. The maximum atomic E-state index is 4.17. The first kappa shape index (κ1) is 11.6. The van der Waals surface area contributed by atoms with Gasteiger partial charge in [0.25, 0.3) is 0 Å². The summed E-state index contributed by atoms with van der Waals surface area (Å²) < 4.78 is 2.08. The van der Waals surface area contributed by atoms with Crippen LogP contribution in [0.1, 0.15) is 32.4 Å². The van der Waals surface area contributed by atoms with Gasteiger partial charge in [0, 0.05) is 6.54 Å². The molecular weight excluding hydrogens is 200 g/mol. The van der Waals surface area contributed by atoms with Crippen molar-refractivity contribution < 1.29 is 0 Å². The van der Waals surface area contributed by atoms with Crippen LogP contribution in [0.4, 0.5) is 0 Å². The van der Waals surface area contributed by atoms with Crippen LogP contribution in [0.3, 0.4) is 0 Å². The zero-order valence-corrected chi connectivity index (χ0v) is 10.3. The first-order chi connectivity index (χ1) is 7.75. The number of nitrogens with one attached hydrogen (secondary N) is 1. The quantitative estimate of drug-likeness (QED) is 0.839. The summed E-state index contributed by atoms with van der Waals surface area (Å²) in [6.07, 6.45) is 5.64. The van der Waals surface area contributed by atoms with Crippen LogP contribution in [0, 0.1) is 11.8 Å². The first-order valence-corrected chi connectivity index (χ1v) is 6.34. The Labute approximate surface area is 97.4 Å². The number of piperidine rings is 1. The van der Waals surface area contributed by atoms with Gasteiger partial charge in [-0.3, -0.25) is 0 Å². The Morgan fingerprint density at radius 3 is 2.88 bits per heavy atom. The van der Waals surface area contributed by atoms with Crippen molar-refractivity contribution in [1.82, 2.24) is 20.3 Å². The Balaban J connectivity index is 1.94. The fourth-order valence-electron chi connectivity index (χ4n) is 2.32. The highest BCUT2D eigenvalue weighted by molar-refractivity contribution is 4.96. The average Bonchev–Trinajstić information content (AvgIpc) is 2.66. The molecule has 1 aromatic heterocycles. The van der Waals surface area contributed by atoms with Crippen LogP contribution in [0.2, 0.25) is 0 Å². The second-order valence-electron chi connectivity index (χ2n) is 5.20. The highest BCUT2D eigenvalue weighted by atomic mass is 15.4. The molecule has 0 bridgehead atoms. The molecule has 1 aromatic rings. The largest absolute Gasteiger partial charge is 0.317 e. The lowest BCUT2D eigenvalue weighted by Crippen LogP contribution is -2.29. The topological polar surface area (TPSA) is 42.7 Å². The molecule has 0 saturated carbocycles. The van der Waals surface area contributed by atoms with Crippen molar-refractivity contribution in [3.63, 3.8) is 0 Å². The molecule has 0 spiro atoms. The number of nitrogens with zero attached hydrogens (tertiary/aromatic N) is 3. The summed E-state index contributed by atoms with van der Waals surface area (Å²) in [5, 5.41) is 11.6. The molecule has 0 amide bonds. The van der Waals surface area contributed by atoms with Gasteiger partial charge in [0.1, 0.15) is 0 Å². The smallest absolute Gasteiger partial charge is 0.0725 e. The molecule has 90 valence electrons. The van der Waals surface area contributed by atoms with Gasteiger partial charge in [-0.2, -0.15) is 0 Å². The maximum Gasteiger partial charge on any atom is 0.0725 e. The van der Waals surface area contributed by atoms with Gasteiger partial charge in [0.15, 0.2) is 0 Å². The lowest BCUT2D eigenvalue weighted by atomic mass is 9.93. The number of aromatic nitrogens is 3. The third-order valence-electron chi connectivity index (χ3n) is 3.19. The molecule has 0 radical (unpaired) electrons. The normalized spacial score (nSPS) is 18.2. The molecule has 2 rings (SSSR count). The van der Waals surface area contributed by atoms with Crippen LogP contribution in [0.15, 0.2) is 6.20 Å². The minimum Gasteiger partial charge on any atom is -0.317 e. The van der Waals surface area contributed by atoms with Gasteiger partial charge in [-0.15, -0.1) is 5.10 Å². The Hall–Kier alpha value is -0.900. The molecule has 1 saturated heterocycles. The second-order valence-corrected chi connectivity index (χ2v) is 5.20. The molecule has 0 unspecified atom stereocenters.